The molecule has 0 spiro atoms. The van der Waals surface area contributed by atoms with E-state index in [-0.39, 0.29) is 0 Å². The predicted octanol–water partition coefficient (Wildman–Crippen LogP) is 2.71. The molecule has 3 heteroatoms. The van der Waals surface area contributed by atoms with Crippen LogP contribution in [0.2, 0.25) is 0 Å². The van der Waals surface area contributed by atoms with Gasteiger partial charge in [-0.25, -0.2) is 4.98 Å². The zero-order valence-corrected chi connectivity index (χ0v) is 10.5. The van der Waals surface area contributed by atoms with E-state index < -0.39 is 0 Å². The molecule has 0 amide bonds. The number of aryl methyl sites for hydroxylation is 1. The molecule has 0 atom stereocenters. The summed E-state index contributed by atoms with van der Waals surface area (Å²) in [5.74, 6) is 0. The number of nitrogens with zero attached hydrogens (tertiary/aromatic N) is 2. The highest BCUT2D eigenvalue weighted by Crippen LogP contribution is 2.09. The lowest BCUT2D eigenvalue weighted by Gasteiger charge is -2.08. The monoisotopic (exact) mass is 241 g/mol. The van der Waals surface area contributed by atoms with Crippen molar-refractivity contribution in [1.29, 1.82) is 0 Å². The molecule has 0 radical (unpaired) electrons. The van der Waals surface area contributed by atoms with E-state index in [0.717, 1.165) is 26.1 Å². The third-order valence-electron chi connectivity index (χ3n) is 2.92. The summed E-state index contributed by atoms with van der Waals surface area (Å²) >= 11 is 0. The van der Waals surface area contributed by atoms with Gasteiger partial charge < -0.3 is 9.88 Å². The fourth-order valence-electron chi connectivity index (χ4n) is 1.92. The van der Waals surface area contributed by atoms with Gasteiger partial charge in [0.2, 0.25) is 0 Å². The first-order chi connectivity index (χ1) is 8.90. The van der Waals surface area contributed by atoms with Gasteiger partial charge in [0.25, 0.3) is 0 Å². The fourth-order valence-corrected chi connectivity index (χ4v) is 1.92. The van der Waals surface area contributed by atoms with Crippen LogP contribution in [0.4, 0.5) is 0 Å². The molecule has 2 rings (SSSR count). The molecule has 0 aliphatic heterocycles. The normalized spacial score (nSPS) is 10.4. The molecule has 0 aliphatic rings. The van der Waals surface area contributed by atoms with Gasteiger partial charge in [0.1, 0.15) is 0 Å². The average Bonchev–Trinajstić information content (AvgIpc) is 2.92. The van der Waals surface area contributed by atoms with Crippen LogP contribution in [0, 0.1) is 0 Å². The zero-order valence-electron chi connectivity index (χ0n) is 10.5. The van der Waals surface area contributed by atoms with Crippen molar-refractivity contribution in [1.82, 2.24) is 14.9 Å². The van der Waals surface area contributed by atoms with Gasteiger partial charge in [0.15, 0.2) is 0 Å². The maximum absolute atomic E-state index is 4.02. The largest absolute Gasteiger partial charge is 0.337 e. The van der Waals surface area contributed by atoms with Gasteiger partial charge in [-0.2, -0.15) is 0 Å². The molecule has 3 nitrogen and oxygen atoms in total. The summed E-state index contributed by atoms with van der Waals surface area (Å²) in [5.41, 5.74) is 2.51. The van der Waals surface area contributed by atoms with Gasteiger partial charge in [-0.1, -0.05) is 36.9 Å². The van der Waals surface area contributed by atoms with Gasteiger partial charge in [-0.3, -0.25) is 0 Å². The van der Waals surface area contributed by atoms with E-state index in [4.69, 9.17) is 0 Å². The second-order valence-electron chi connectivity index (χ2n) is 4.23. The lowest BCUT2D eigenvalue weighted by molar-refractivity contribution is 0.580. The fraction of sp³-hybridized carbons (Fsp3) is 0.267. The number of hydrogen-bond acceptors (Lipinski definition) is 2. The number of imidazole rings is 1. The molecular formula is C15H19N3. The minimum absolute atomic E-state index is 0.895. The van der Waals surface area contributed by atoms with E-state index >= 15 is 0 Å². The van der Waals surface area contributed by atoms with E-state index in [1.807, 2.05) is 30.9 Å². The van der Waals surface area contributed by atoms with Gasteiger partial charge >= 0.3 is 0 Å². The van der Waals surface area contributed by atoms with Crippen LogP contribution in [0.15, 0.2) is 49.6 Å². The molecule has 0 unspecified atom stereocenters. The maximum atomic E-state index is 4.02. The van der Waals surface area contributed by atoms with Crippen molar-refractivity contribution in [2.45, 2.75) is 19.5 Å². The van der Waals surface area contributed by atoms with Crippen LogP contribution < -0.4 is 5.32 Å². The molecule has 18 heavy (non-hydrogen) atoms. The topological polar surface area (TPSA) is 29.9 Å². The summed E-state index contributed by atoms with van der Waals surface area (Å²) in [5, 5.41) is 3.46. The molecule has 0 saturated carbocycles. The van der Waals surface area contributed by atoms with Crippen molar-refractivity contribution < 1.29 is 0 Å². The summed E-state index contributed by atoms with van der Waals surface area (Å²) in [6.07, 6.45) is 8.67. The van der Waals surface area contributed by atoms with Crippen LogP contribution in [-0.2, 0) is 13.1 Å². The van der Waals surface area contributed by atoms with Crippen molar-refractivity contribution in [2.24, 2.45) is 0 Å². The first-order valence-electron chi connectivity index (χ1n) is 6.27. The average molecular weight is 241 g/mol. The number of nitrogens with one attached hydrogen (secondary N) is 1. The first-order valence-corrected chi connectivity index (χ1v) is 6.27. The standard InChI is InChI=1S/C15H19N3/c1-2-14-6-3-4-7-15(14)12-16-8-5-10-18-11-9-17-13-18/h2-4,6-7,9,11,13,16H,1,5,8,10,12H2. The van der Waals surface area contributed by atoms with E-state index in [0.29, 0.717) is 0 Å². The molecule has 0 aliphatic carbocycles. The third-order valence-corrected chi connectivity index (χ3v) is 2.92. The van der Waals surface area contributed by atoms with Crippen LogP contribution in [0.1, 0.15) is 17.5 Å². The molecular weight excluding hydrogens is 222 g/mol. The van der Waals surface area contributed by atoms with Gasteiger partial charge in [0.05, 0.1) is 6.33 Å². The van der Waals surface area contributed by atoms with Crippen molar-refractivity contribution in [3.63, 3.8) is 0 Å². The summed E-state index contributed by atoms with van der Waals surface area (Å²) in [7, 11) is 0. The van der Waals surface area contributed by atoms with Crippen LogP contribution in [-0.4, -0.2) is 16.1 Å². The van der Waals surface area contributed by atoms with Crippen molar-refractivity contribution >= 4 is 6.08 Å². The molecule has 94 valence electrons. The Morgan fingerprint density at radius 2 is 2.22 bits per heavy atom. The Kier molecular flexibility index (Phi) is 4.73. The Morgan fingerprint density at radius 3 is 3.00 bits per heavy atom. The molecule has 1 N–H and O–H groups in total. The summed E-state index contributed by atoms with van der Waals surface area (Å²) in [6.45, 7) is 6.74. The quantitative estimate of drug-likeness (QED) is 0.755. The third kappa shape index (κ3) is 3.57. The lowest BCUT2D eigenvalue weighted by Crippen LogP contribution is -2.16. The number of hydrogen-bond donors (Lipinski definition) is 1. The SMILES string of the molecule is C=Cc1ccccc1CNCCCn1ccnc1. The van der Waals surface area contributed by atoms with Crippen LogP contribution in [0.25, 0.3) is 6.08 Å². The van der Waals surface area contributed by atoms with Gasteiger partial charge in [-0.05, 0) is 24.1 Å². The first kappa shape index (κ1) is 12.6. The van der Waals surface area contributed by atoms with Crippen LogP contribution >= 0.6 is 0 Å². The molecule has 2 aromatic rings. The maximum Gasteiger partial charge on any atom is 0.0945 e. The zero-order chi connectivity index (χ0) is 12.6. The highest BCUT2D eigenvalue weighted by molar-refractivity contribution is 5.51. The minimum Gasteiger partial charge on any atom is -0.337 e. The Bertz CT molecular complexity index is 474. The van der Waals surface area contributed by atoms with Crippen molar-refractivity contribution in [2.75, 3.05) is 6.54 Å². The minimum atomic E-state index is 0.895. The lowest BCUT2D eigenvalue weighted by atomic mass is 10.1. The summed E-state index contributed by atoms with van der Waals surface area (Å²) in [6, 6.07) is 8.34. The molecule has 0 saturated heterocycles. The van der Waals surface area contributed by atoms with E-state index in [9.17, 15) is 0 Å². The molecule has 0 bridgehead atoms. The van der Waals surface area contributed by atoms with Crippen molar-refractivity contribution in [3.05, 3.63) is 60.7 Å². The number of rotatable bonds is 7. The number of benzene rings is 1. The molecule has 1 aromatic heterocycles. The summed E-state index contributed by atoms with van der Waals surface area (Å²) < 4.78 is 2.10. The predicted molar refractivity (Wildman–Crippen MR) is 75.1 cm³/mol. The van der Waals surface area contributed by atoms with E-state index in [1.54, 1.807) is 0 Å². The Balaban J connectivity index is 1.70. The smallest absolute Gasteiger partial charge is 0.0945 e. The molecule has 1 heterocycles. The molecule has 1 aromatic carbocycles. The number of aromatic nitrogens is 2. The van der Waals surface area contributed by atoms with Crippen LogP contribution in [0.5, 0.6) is 0 Å². The van der Waals surface area contributed by atoms with Gasteiger partial charge in [0, 0.05) is 25.5 Å². The van der Waals surface area contributed by atoms with Gasteiger partial charge in [-0.15, -0.1) is 0 Å². The van der Waals surface area contributed by atoms with Crippen LogP contribution in [0.3, 0.4) is 0 Å². The molecule has 0 fully saturated rings. The van der Waals surface area contributed by atoms with E-state index in [2.05, 4.69) is 39.6 Å². The highest BCUT2D eigenvalue weighted by atomic mass is 15.0. The summed E-state index contributed by atoms with van der Waals surface area (Å²) in [4.78, 5) is 4.02. The Labute approximate surface area is 108 Å². The van der Waals surface area contributed by atoms with E-state index in [1.165, 1.54) is 11.1 Å². The second-order valence-corrected chi connectivity index (χ2v) is 4.23. The Morgan fingerprint density at radius 1 is 1.33 bits per heavy atom. The second kappa shape index (κ2) is 6.77. The highest BCUT2D eigenvalue weighted by Gasteiger charge is 1.97. The Hall–Kier alpha value is -1.87. The van der Waals surface area contributed by atoms with Crippen molar-refractivity contribution in [3.8, 4) is 0 Å².